The number of rotatable bonds is 7. The summed E-state index contributed by atoms with van der Waals surface area (Å²) in [5.41, 5.74) is 0.865. The van der Waals surface area contributed by atoms with E-state index < -0.39 is 19.3 Å². The normalized spacial score (nSPS) is 12.9. The van der Waals surface area contributed by atoms with Gasteiger partial charge in [0.25, 0.3) is 0 Å². The van der Waals surface area contributed by atoms with Crippen molar-refractivity contribution in [1.82, 2.24) is 5.09 Å². The van der Waals surface area contributed by atoms with Gasteiger partial charge in [-0.1, -0.05) is 26.0 Å². The molecule has 20 heavy (non-hydrogen) atoms. The van der Waals surface area contributed by atoms with E-state index in [4.69, 9.17) is 4.74 Å². The van der Waals surface area contributed by atoms with Crippen LogP contribution in [0.5, 0.6) is 5.75 Å². The lowest BCUT2D eigenvalue weighted by Crippen LogP contribution is -2.38. The van der Waals surface area contributed by atoms with Gasteiger partial charge in [-0.2, -0.15) is 0 Å². The summed E-state index contributed by atoms with van der Waals surface area (Å²) in [5.74, 6) is -0.260. The standard InChI is InChI=1S/C14H22NO4P/c1-4-20(18,5-2)15-13(14(17)19-3)10-11-6-8-12(16)9-7-11/h6-9,13,16H,4-5,10H2,1-3H3,(H,15,18)/t13-/m0/s1. The van der Waals surface area contributed by atoms with Crippen LogP contribution in [0.1, 0.15) is 19.4 Å². The highest BCUT2D eigenvalue weighted by Crippen LogP contribution is 2.40. The minimum atomic E-state index is -2.55. The molecule has 0 heterocycles. The van der Waals surface area contributed by atoms with Gasteiger partial charge in [0.15, 0.2) is 0 Å². The summed E-state index contributed by atoms with van der Waals surface area (Å²) < 4.78 is 17.2. The van der Waals surface area contributed by atoms with Gasteiger partial charge in [0, 0.05) is 12.3 Å². The van der Waals surface area contributed by atoms with Gasteiger partial charge >= 0.3 is 5.97 Å². The van der Waals surface area contributed by atoms with Gasteiger partial charge in [-0.25, -0.2) is 0 Å². The molecule has 6 heteroatoms. The topological polar surface area (TPSA) is 75.6 Å². The van der Waals surface area contributed by atoms with Gasteiger partial charge in [-0.05, 0) is 24.1 Å². The van der Waals surface area contributed by atoms with Crippen LogP contribution in [0, 0.1) is 0 Å². The maximum Gasteiger partial charge on any atom is 0.323 e. The number of aromatic hydroxyl groups is 1. The third kappa shape index (κ3) is 4.66. The SMILES string of the molecule is CCP(=O)(CC)N[C@@H](Cc1ccc(O)cc1)C(=O)OC. The van der Waals surface area contributed by atoms with Crippen LogP contribution >= 0.6 is 7.29 Å². The van der Waals surface area contributed by atoms with Crippen LogP contribution in [0.25, 0.3) is 0 Å². The Hall–Kier alpha value is -1.32. The summed E-state index contributed by atoms with van der Waals surface area (Å²) in [6.45, 7) is 3.68. The molecule has 1 rings (SSSR count). The molecular weight excluding hydrogens is 277 g/mol. The van der Waals surface area contributed by atoms with Gasteiger partial charge in [0.2, 0.25) is 0 Å². The van der Waals surface area contributed by atoms with Crippen LogP contribution in [0.3, 0.4) is 0 Å². The maximum atomic E-state index is 12.5. The number of carbonyl (C=O) groups excluding carboxylic acids is 1. The second-order valence-corrected chi connectivity index (χ2v) is 7.90. The zero-order chi connectivity index (χ0) is 15.2. The number of benzene rings is 1. The van der Waals surface area contributed by atoms with Gasteiger partial charge in [0.1, 0.15) is 19.1 Å². The van der Waals surface area contributed by atoms with Gasteiger partial charge in [-0.15, -0.1) is 0 Å². The molecule has 0 saturated heterocycles. The lowest BCUT2D eigenvalue weighted by molar-refractivity contribution is -0.142. The van der Waals surface area contributed by atoms with Gasteiger partial charge in [-0.3, -0.25) is 9.88 Å². The first-order chi connectivity index (χ1) is 9.44. The van der Waals surface area contributed by atoms with Crippen LogP contribution in [-0.4, -0.2) is 36.6 Å². The van der Waals surface area contributed by atoms with Gasteiger partial charge in [0.05, 0.1) is 7.11 Å². The maximum absolute atomic E-state index is 12.5. The van der Waals surface area contributed by atoms with Crippen LogP contribution in [0.4, 0.5) is 0 Å². The second-order valence-electron chi connectivity index (χ2n) is 4.60. The number of hydrogen-bond acceptors (Lipinski definition) is 4. The molecule has 1 aromatic carbocycles. The minimum Gasteiger partial charge on any atom is -0.508 e. The number of nitrogens with one attached hydrogen (secondary N) is 1. The van der Waals surface area contributed by atoms with Crippen molar-refractivity contribution in [3.8, 4) is 5.75 Å². The highest BCUT2D eigenvalue weighted by molar-refractivity contribution is 7.61. The molecule has 112 valence electrons. The molecule has 0 spiro atoms. The molecule has 0 fully saturated rings. The number of carbonyl (C=O) groups is 1. The van der Waals surface area contributed by atoms with Crippen LogP contribution in [-0.2, 0) is 20.5 Å². The molecule has 0 saturated carbocycles. The second kappa shape index (κ2) is 7.46. The van der Waals surface area contributed by atoms with E-state index in [1.165, 1.54) is 7.11 Å². The Morgan fingerprint density at radius 1 is 1.30 bits per heavy atom. The largest absolute Gasteiger partial charge is 0.508 e. The van der Waals surface area contributed by atoms with Crippen molar-refractivity contribution in [3.63, 3.8) is 0 Å². The molecule has 0 radical (unpaired) electrons. The smallest absolute Gasteiger partial charge is 0.323 e. The van der Waals surface area contributed by atoms with E-state index >= 15 is 0 Å². The van der Waals surface area contributed by atoms with Crippen molar-refractivity contribution < 1.29 is 19.2 Å². The Kier molecular flexibility index (Phi) is 6.24. The lowest BCUT2D eigenvalue weighted by Gasteiger charge is -2.23. The number of ether oxygens (including phenoxy) is 1. The third-order valence-corrected chi connectivity index (χ3v) is 6.10. The van der Waals surface area contributed by atoms with E-state index in [-0.39, 0.29) is 5.75 Å². The molecular formula is C14H22NO4P. The van der Waals surface area contributed by atoms with Gasteiger partial charge < -0.3 is 14.4 Å². The number of phenolic OH excluding ortho intramolecular Hbond substituents is 1. The van der Waals surface area contributed by atoms with E-state index in [9.17, 15) is 14.5 Å². The lowest BCUT2D eigenvalue weighted by atomic mass is 10.1. The molecule has 0 aliphatic heterocycles. The van der Waals surface area contributed by atoms with Crippen LogP contribution in [0.15, 0.2) is 24.3 Å². The predicted octanol–water partition coefficient (Wildman–Crippen LogP) is 2.38. The first-order valence-electron chi connectivity index (χ1n) is 6.65. The fraction of sp³-hybridized carbons (Fsp3) is 0.500. The zero-order valence-corrected chi connectivity index (χ0v) is 13.0. The highest BCUT2D eigenvalue weighted by Gasteiger charge is 2.27. The molecule has 0 bridgehead atoms. The van der Waals surface area contributed by atoms with E-state index in [1.807, 2.05) is 13.8 Å². The van der Waals surface area contributed by atoms with Crippen molar-refractivity contribution in [2.75, 3.05) is 19.4 Å². The molecule has 0 aromatic heterocycles. The molecule has 1 aromatic rings. The average Bonchev–Trinajstić information content (AvgIpc) is 2.47. The molecule has 0 aliphatic carbocycles. The molecule has 2 N–H and O–H groups in total. The molecule has 5 nitrogen and oxygen atoms in total. The fourth-order valence-corrected chi connectivity index (χ4v) is 3.46. The van der Waals surface area contributed by atoms with E-state index in [0.717, 1.165) is 5.56 Å². The van der Waals surface area contributed by atoms with E-state index in [1.54, 1.807) is 24.3 Å². The highest BCUT2D eigenvalue weighted by atomic mass is 31.2. The van der Waals surface area contributed by atoms with Crippen molar-refractivity contribution in [1.29, 1.82) is 0 Å². The minimum absolute atomic E-state index is 0.170. The molecule has 0 unspecified atom stereocenters. The van der Waals surface area contributed by atoms with E-state index in [2.05, 4.69) is 5.09 Å². The summed E-state index contributed by atoms with van der Waals surface area (Å²) in [6.07, 6.45) is 1.36. The number of methoxy groups -OCH3 is 1. The summed E-state index contributed by atoms with van der Waals surface area (Å²) in [6, 6.07) is 5.94. The van der Waals surface area contributed by atoms with Crippen molar-refractivity contribution in [2.45, 2.75) is 26.3 Å². The average molecular weight is 299 g/mol. The fourth-order valence-electron chi connectivity index (χ4n) is 1.88. The van der Waals surface area contributed by atoms with Crippen LogP contribution in [0.2, 0.25) is 0 Å². The Labute approximate surface area is 119 Å². The van der Waals surface area contributed by atoms with E-state index in [0.29, 0.717) is 18.7 Å². The van der Waals surface area contributed by atoms with Crippen molar-refractivity contribution >= 4 is 13.3 Å². The Morgan fingerprint density at radius 3 is 2.30 bits per heavy atom. The van der Waals surface area contributed by atoms with Crippen molar-refractivity contribution in [2.24, 2.45) is 0 Å². The number of hydrogen-bond donors (Lipinski definition) is 2. The zero-order valence-electron chi connectivity index (χ0n) is 12.1. The Morgan fingerprint density at radius 2 is 1.85 bits per heavy atom. The monoisotopic (exact) mass is 299 g/mol. The quantitative estimate of drug-likeness (QED) is 0.597. The van der Waals surface area contributed by atoms with Crippen molar-refractivity contribution in [3.05, 3.63) is 29.8 Å². The summed E-state index contributed by atoms with van der Waals surface area (Å²) >= 11 is 0. The number of esters is 1. The Bertz CT molecular complexity index is 478. The van der Waals surface area contributed by atoms with Crippen LogP contribution < -0.4 is 5.09 Å². The molecule has 0 amide bonds. The summed E-state index contributed by atoms with van der Waals surface area (Å²) in [4.78, 5) is 11.8. The first-order valence-corrected chi connectivity index (χ1v) is 8.73. The third-order valence-electron chi connectivity index (χ3n) is 3.27. The number of phenols is 1. The first kappa shape index (κ1) is 16.7. The summed E-state index contributed by atoms with van der Waals surface area (Å²) in [7, 11) is -1.23. The molecule has 0 aliphatic rings. The predicted molar refractivity (Wildman–Crippen MR) is 79.4 cm³/mol. The Balaban J connectivity index is 2.87. The molecule has 1 atom stereocenters. The summed E-state index contributed by atoms with van der Waals surface area (Å²) in [5, 5.41) is 12.2.